The van der Waals surface area contributed by atoms with E-state index in [0.29, 0.717) is 15.7 Å². The van der Waals surface area contributed by atoms with E-state index in [4.69, 9.17) is 23.1 Å². The highest BCUT2D eigenvalue weighted by Crippen LogP contribution is 2.48. The van der Waals surface area contributed by atoms with E-state index in [1.807, 2.05) is 18.2 Å². The first-order chi connectivity index (χ1) is 9.99. The van der Waals surface area contributed by atoms with Gasteiger partial charge in [-0.1, -0.05) is 29.8 Å². The van der Waals surface area contributed by atoms with Crippen LogP contribution in [0.5, 0.6) is 0 Å². The summed E-state index contributed by atoms with van der Waals surface area (Å²) in [6.07, 6.45) is 0.232. The summed E-state index contributed by atoms with van der Waals surface area (Å²) in [5.41, 5.74) is 13.3. The second-order valence-corrected chi connectivity index (χ2v) is 6.21. The number of anilines is 2. The Hall–Kier alpha value is -2.05. The normalized spacial score (nSPS) is 17.2. The number of hydrogen-bond donors (Lipinski definition) is 3. The fourth-order valence-electron chi connectivity index (χ4n) is 2.57. The van der Waals surface area contributed by atoms with Crippen LogP contribution in [0.4, 0.5) is 10.7 Å². The molecule has 3 rings (SSSR count). The molecule has 1 aromatic heterocycles. The van der Waals surface area contributed by atoms with E-state index in [1.54, 1.807) is 6.07 Å². The van der Waals surface area contributed by atoms with E-state index in [2.05, 4.69) is 5.32 Å². The Morgan fingerprint density at radius 3 is 2.76 bits per heavy atom. The smallest absolute Gasteiger partial charge is 0.260 e. The van der Waals surface area contributed by atoms with Gasteiger partial charge < -0.3 is 16.8 Å². The molecule has 21 heavy (non-hydrogen) atoms. The second-order valence-electron chi connectivity index (χ2n) is 4.78. The molecule has 0 fully saturated rings. The molecule has 5 N–H and O–H groups in total. The Labute approximate surface area is 129 Å². The van der Waals surface area contributed by atoms with Crippen molar-refractivity contribution >= 4 is 45.4 Å². The molecule has 1 aliphatic heterocycles. The van der Waals surface area contributed by atoms with Crippen LogP contribution in [0.2, 0.25) is 5.02 Å². The summed E-state index contributed by atoms with van der Waals surface area (Å²) >= 11 is 7.34. The minimum atomic E-state index is -0.598. The summed E-state index contributed by atoms with van der Waals surface area (Å²) in [5, 5.41) is 3.88. The third-order valence-corrected chi connectivity index (χ3v) is 4.97. The maximum atomic E-state index is 11.9. The van der Waals surface area contributed by atoms with E-state index < -0.39 is 5.91 Å². The SMILES string of the molecule is NC(=O)c1sc2c(c1N)[C@@H](c1ccccc1Cl)CC(=O)N2. The summed E-state index contributed by atoms with van der Waals surface area (Å²) in [5.74, 6) is -1.00. The van der Waals surface area contributed by atoms with Gasteiger partial charge in [-0.3, -0.25) is 9.59 Å². The minimum absolute atomic E-state index is 0.135. The molecule has 1 atom stereocenters. The second kappa shape index (κ2) is 5.05. The van der Waals surface area contributed by atoms with Crippen LogP contribution in [-0.2, 0) is 4.79 Å². The van der Waals surface area contributed by atoms with Gasteiger partial charge in [-0.15, -0.1) is 11.3 Å². The van der Waals surface area contributed by atoms with Crippen molar-refractivity contribution in [3.8, 4) is 0 Å². The molecule has 1 aromatic carbocycles. The van der Waals surface area contributed by atoms with Crippen LogP contribution < -0.4 is 16.8 Å². The number of amides is 2. The molecule has 108 valence electrons. The molecule has 0 radical (unpaired) electrons. The molecule has 0 saturated heterocycles. The van der Waals surface area contributed by atoms with Crippen molar-refractivity contribution < 1.29 is 9.59 Å². The molecule has 0 bridgehead atoms. The van der Waals surface area contributed by atoms with Crippen molar-refractivity contribution in [2.45, 2.75) is 12.3 Å². The van der Waals surface area contributed by atoms with Gasteiger partial charge in [0.2, 0.25) is 5.91 Å². The fourth-order valence-corrected chi connectivity index (χ4v) is 3.89. The number of nitrogens with two attached hydrogens (primary N) is 2. The Morgan fingerprint density at radius 1 is 1.38 bits per heavy atom. The largest absolute Gasteiger partial charge is 0.397 e. The average molecular weight is 322 g/mol. The minimum Gasteiger partial charge on any atom is -0.397 e. The summed E-state index contributed by atoms with van der Waals surface area (Å²) in [6, 6.07) is 7.30. The molecule has 0 spiro atoms. The first-order valence-corrected chi connectivity index (χ1v) is 7.44. The standard InChI is InChI=1S/C14H12ClN3O2S/c15-8-4-2-1-3-6(8)7-5-9(19)18-14-10(7)11(16)12(21-14)13(17)20/h1-4,7H,5,16H2,(H2,17,20)(H,18,19)/t7-/m1/s1. The van der Waals surface area contributed by atoms with E-state index >= 15 is 0 Å². The van der Waals surface area contributed by atoms with Gasteiger partial charge in [0.05, 0.1) is 5.69 Å². The molecule has 2 aromatic rings. The maximum Gasteiger partial charge on any atom is 0.260 e. The van der Waals surface area contributed by atoms with Crippen molar-refractivity contribution in [3.05, 3.63) is 45.3 Å². The predicted octanol–water partition coefficient (Wildman–Crippen LogP) is 2.56. The number of carbonyl (C=O) groups is 2. The number of halogens is 1. The summed E-state index contributed by atoms with van der Waals surface area (Å²) in [4.78, 5) is 23.6. The molecule has 2 heterocycles. The highest BCUT2D eigenvalue weighted by molar-refractivity contribution is 7.19. The molecule has 7 heteroatoms. The highest BCUT2D eigenvalue weighted by atomic mass is 35.5. The van der Waals surface area contributed by atoms with Crippen LogP contribution in [0.3, 0.4) is 0 Å². The van der Waals surface area contributed by atoms with Gasteiger partial charge in [0.1, 0.15) is 9.88 Å². The molecule has 0 unspecified atom stereocenters. The number of thiophene rings is 1. The number of primary amides is 1. The zero-order valence-corrected chi connectivity index (χ0v) is 12.4. The van der Waals surface area contributed by atoms with Crippen LogP contribution in [-0.4, -0.2) is 11.8 Å². The van der Waals surface area contributed by atoms with Gasteiger partial charge in [0.25, 0.3) is 5.91 Å². The Kier molecular flexibility index (Phi) is 3.35. The topological polar surface area (TPSA) is 98.2 Å². The first-order valence-electron chi connectivity index (χ1n) is 6.25. The monoisotopic (exact) mass is 321 g/mol. The van der Waals surface area contributed by atoms with Crippen molar-refractivity contribution in [2.24, 2.45) is 5.73 Å². The van der Waals surface area contributed by atoms with Gasteiger partial charge in [-0.2, -0.15) is 0 Å². The van der Waals surface area contributed by atoms with Crippen LogP contribution in [0.1, 0.15) is 33.1 Å². The Bertz CT molecular complexity index is 757. The van der Waals surface area contributed by atoms with Gasteiger partial charge in [0.15, 0.2) is 0 Å². The molecule has 1 aliphatic rings. The Morgan fingerprint density at radius 2 is 2.10 bits per heavy atom. The van der Waals surface area contributed by atoms with E-state index in [1.165, 1.54) is 0 Å². The summed E-state index contributed by atoms with van der Waals surface area (Å²) < 4.78 is 0. The summed E-state index contributed by atoms with van der Waals surface area (Å²) in [6.45, 7) is 0. The molecule has 0 saturated carbocycles. The molecular weight excluding hydrogens is 310 g/mol. The van der Waals surface area contributed by atoms with Crippen molar-refractivity contribution in [1.29, 1.82) is 0 Å². The van der Waals surface area contributed by atoms with Gasteiger partial charge >= 0.3 is 0 Å². The number of rotatable bonds is 2. The molecule has 5 nitrogen and oxygen atoms in total. The van der Waals surface area contributed by atoms with Crippen LogP contribution in [0.25, 0.3) is 0 Å². The van der Waals surface area contributed by atoms with Gasteiger partial charge in [0, 0.05) is 22.9 Å². The number of hydrogen-bond acceptors (Lipinski definition) is 4. The zero-order chi connectivity index (χ0) is 15.1. The molecule has 2 amide bonds. The van der Waals surface area contributed by atoms with Gasteiger partial charge in [-0.25, -0.2) is 0 Å². The quantitative estimate of drug-likeness (QED) is 0.792. The lowest BCUT2D eigenvalue weighted by Crippen LogP contribution is -2.23. The molecule has 0 aliphatic carbocycles. The van der Waals surface area contributed by atoms with Crippen molar-refractivity contribution in [1.82, 2.24) is 0 Å². The first kappa shape index (κ1) is 13.9. The fraction of sp³-hybridized carbons (Fsp3) is 0.143. The Balaban J connectivity index is 2.20. The van der Waals surface area contributed by atoms with Crippen molar-refractivity contribution in [2.75, 3.05) is 11.1 Å². The number of benzene rings is 1. The maximum absolute atomic E-state index is 11.9. The van der Waals surface area contributed by atoms with Crippen molar-refractivity contribution in [3.63, 3.8) is 0 Å². The van der Waals surface area contributed by atoms with Gasteiger partial charge in [-0.05, 0) is 11.6 Å². The highest BCUT2D eigenvalue weighted by Gasteiger charge is 2.33. The lowest BCUT2D eigenvalue weighted by atomic mass is 9.86. The van der Waals surface area contributed by atoms with Crippen LogP contribution in [0, 0.1) is 0 Å². The lowest BCUT2D eigenvalue weighted by molar-refractivity contribution is -0.116. The average Bonchev–Trinajstić information content (AvgIpc) is 2.76. The van der Waals surface area contributed by atoms with Crippen LogP contribution in [0.15, 0.2) is 24.3 Å². The van der Waals surface area contributed by atoms with E-state index in [-0.39, 0.29) is 23.1 Å². The zero-order valence-electron chi connectivity index (χ0n) is 10.9. The summed E-state index contributed by atoms with van der Waals surface area (Å²) in [7, 11) is 0. The lowest BCUT2D eigenvalue weighted by Gasteiger charge is -2.24. The number of carbonyl (C=O) groups excluding carboxylic acids is 2. The van der Waals surface area contributed by atoms with Crippen LogP contribution >= 0.6 is 22.9 Å². The third-order valence-electron chi connectivity index (χ3n) is 3.48. The predicted molar refractivity (Wildman–Crippen MR) is 83.8 cm³/mol. The number of nitrogens with one attached hydrogen (secondary N) is 1. The molecular formula is C14H12ClN3O2S. The number of fused-ring (bicyclic) bond motifs is 1. The third kappa shape index (κ3) is 2.26. The number of nitrogen functional groups attached to an aromatic ring is 1. The van der Waals surface area contributed by atoms with E-state index in [0.717, 1.165) is 22.5 Å². The van der Waals surface area contributed by atoms with E-state index in [9.17, 15) is 9.59 Å².